The summed E-state index contributed by atoms with van der Waals surface area (Å²) in [6, 6.07) is 17.1. The molecule has 1 amide bonds. The predicted octanol–water partition coefficient (Wildman–Crippen LogP) is 3.39. The number of carbonyl (C=O) groups is 1. The van der Waals surface area contributed by atoms with E-state index in [-0.39, 0.29) is 17.7 Å². The maximum atomic E-state index is 12.3. The average molecular weight is 341 g/mol. The van der Waals surface area contributed by atoms with Crippen molar-refractivity contribution in [3.63, 3.8) is 0 Å². The summed E-state index contributed by atoms with van der Waals surface area (Å²) in [4.78, 5) is 12.3. The molecule has 0 aliphatic carbocycles. The molecule has 0 aromatic heterocycles. The molecule has 1 unspecified atom stereocenters. The fraction of sp³-hybridized carbons (Fsp3) is 0.381. The smallest absolute Gasteiger partial charge is 0.223 e. The fourth-order valence-electron chi connectivity index (χ4n) is 2.74. The molecule has 25 heavy (non-hydrogen) atoms. The Labute approximate surface area is 149 Å². The monoisotopic (exact) mass is 341 g/mol. The van der Waals surface area contributed by atoms with Gasteiger partial charge < -0.3 is 15.2 Å². The SMILES string of the molecule is COc1ccc(C(C)(C)CNC(=O)CC(C)(O)c2ccccc2)cc1. The molecule has 0 heterocycles. The van der Waals surface area contributed by atoms with Crippen LogP contribution in [0.4, 0.5) is 0 Å². The number of hydrogen-bond acceptors (Lipinski definition) is 3. The Morgan fingerprint density at radius 1 is 1.00 bits per heavy atom. The molecule has 0 saturated heterocycles. The number of benzene rings is 2. The molecule has 0 bridgehead atoms. The molecule has 2 aromatic rings. The number of aliphatic hydroxyl groups is 1. The molecule has 134 valence electrons. The van der Waals surface area contributed by atoms with Gasteiger partial charge in [0.05, 0.1) is 19.1 Å². The van der Waals surface area contributed by atoms with Gasteiger partial charge in [0.15, 0.2) is 0 Å². The van der Waals surface area contributed by atoms with Crippen LogP contribution >= 0.6 is 0 Å². The Morgan fingerprint density at radius 2 is 1.60 bits per heavy atom. The van der Waals surface area contributed by atoms with Gasteiger partial charge in [0, 0.05) is 12.0 Å². The van der Waals surface area contributed by atoms with Crippen LogP contribution in [-0.2, 0) is 15.8 Å². The average Bonchev–Trinajstić information content (AvgIpc) is 2.60. The van der Waals surface area contributed by atoms with E-state index in [1.54, 1.807) is 14.0 Å². The maximum Gasteiger partial charge on any atom is 0.223 e. The largest absolute Gasteiger partial charge is 0.497 e. The van der Waals surface area contributed by atoms with E-state index in [1.807, 2.05) is 54.6 Å². The Balaban J connectivity index is 1.96. The van der Waals surface area contributed by atoms with Gasteiger partial charge in [-0.2, -0.15) is 0 Å². The minimum absolute atomic E-state index is 0.0235. The van der Waals surface area contributed by atoms with Crippen molar-refractivity contribution in [2.45, 2.75) is 38.2 Å². The Hall–Kier alpha value is -2.33. The molecule has 4 heteroatoms. The number of rotatable bonds is 7. The van der Waals surface area contributed by atoms with Gasteiger partial charge in [-0.1, -0.05) is 56.3 Å². The van der Waals surface area contributed by atoms with Crippen LogP contribution in [0.2, 0.25) is 0 Å². The second-order valence-corrected chi connectivity index (χ2v) is 7.21. The van der Waals surface area contributed by atoms with Crippen molar-refractivity contribution < 1.29 is 14.6 Å². The van der Waals surface area contributed by atoms with Crippen LogP contribution in [-0.4, -0.2) is 24.7 Å². The molecule has 0 radical (unpaired) electrons. The van der Waals surface area contributed by atoms with E-state index in [9.17, 15) is 9.90 Å². The number of ether oxygens (including phenoxy) is 1. The summed E-state index contributed by atoms with van der Waals surface area (Å²) in [7, 11) is 1.64. The molecule has 4 nitrogen and oxygen atoms in total. The molecule has 2 aromatic carbocycles. The van der Waals surface area contributed by atoms with Crippen LogP contribution in [0.3, 0.4) is 0 Å². The van der Waals surface area contributed by atoms with E-state index in [1.165, 1.54) is 0 Å². The highest BCUT2D eigenvalue weighted by molar-refractivity contribution is 5.77. The van der Waals surface area contributed by atoms with Gasteiger partial charge in [0.1, 0.15) is 5.75 Å². The second kappa shape index (κ2) is 7.70. The van der Waals surface area contributed by atoms with Crippen LogP contribution in [0.1, 0.15) is 38.3 Å². The molecular formula is C21H27NO3. The Bertz CT molecular complexity index is 691. The van der Waals surface area contributed by atoms with E-state index in [0.717, 1.165) is 16.9 Å². The molecule has 0 aliphatic rings. The van der Waals surface area contributed by atoms with Gasteiger partial charge in [0.2, 0.25) is 5.91 Å². The van der Waals surface area contributed by atoms with Gasteiger partial charge in [-0.15, -0.1) is 0 Å². The standard InChI is InChI=1S/C21H27NO3/c1-20(2,16-10-12-18(25-4)13-11-16)15-22-19(23)14-21(3,24)17-8-6-5-7-9-17/h5-13,24H,14-15H2,1-4H3,(H,22,23). The zero-order valence-electron chi connectivity index (χ0n) is 15.4. The fourth-order valence-corrected chi connectivity index (χ4v) is 2.74. The van der Waals surface area contributed by atoms with Crippen molar-refractivity contribution in [2.75, 3.05) is 13.7 Å². The third-order valence-corrected chi connectivity index (χ3v) is 4.50. The molecule has 2 N–H and O–H groups in total. The topological polar surface area (TPSA) is 58.6 Å². The maximum absolute atomic E-state index is 12.3. The predicted molar refractivity (Wildman–Crippen MR) is 99.7 cm³/mol. The number of hydrogen-bond donors (Lipinski definition) is 2. The van der Waals surface area contributed by atoms with Crippen molar-refractivity contribution in [1.29, 1.82) is 0 Å². The Kier molecular flexibility index (Phi) is 5.85. The van der Waals surface area contributed by atoms with E-state index >= 15 is 0 Å². The summed E-state index contributed by atoms with van der Waals surface area (Å²) in [6.07, 6.45) is 0.0235. The summed E-state index contributed by atoms with van der Waals surface area (Å²) in [6.45, 7) is 6.30. The van der Waals surface area contributed by atoms with Crippen LogP contribution in [0.15, 0.2) is 54.6 Å². The highest BCUT2D eigenvalue weighted by Crippen LogP contribution is 2.26. The Morgan fingerprint density at radius 3 is 2.16 bits per heavy atom. The summed E-state index contributed by atoms with van der Waals surface area (Å²) < 4.78 is 5.18. The van der Waals surface area contributed by atoms with Crippen molar-refractivity contribution in [3.8, 4) is 5.75 Å². The van der Waals surface area contributed by atoms with E-state index in [2.05, 4.69) is 19.2 Å². The lowest BCUT2D eigenvalue weighted by Gasteiger charge is -2.28. The number of methoxy groups -OCH3 is 1. The second-order valence-electron chi connectivity index (χ2n) is 7.21. The normalized spacial score (nSPS) is 13.8. The molecule has 1 atom stereocenters. The lowest BCUT2D eigenvalue weighted by atomic mass is 9.84. The van der Waals surface area contributed by atoms with Crippen LogP contribution in [0, 0.1) is 0 Å². The van der Waals surface area contributed by atoms with E-state index < -0.39 is 5.60 Å². The van der Waals surface area contributed by atoms with Gasteiger partial charge >= 0.3 is 0 Å². The third-order valence-electron chi connectivity index (χ3n) is 4.50. The summed E-state index contributed by atoms with van der Waals surface area (Å²) in [5.41, 5.74) is 0.443. The highest BCUT2D eigenvalue weighted by atomic mass is 16.5. The summed E-state index contributed by atoms with van der Waals surface area (Å²) >= 11 is 0. The van der Waals surface area contributed by atoms with Gasteiger partial charge in [0.25, 0.3) is 0 Å². The van der Waals surface area contributed by atoms with E-state index in [4.69, 9.17) is 4.74 Å². The zero-order valence-corrected chi connectivity index (χ0v) is 15.4. The van der Waals surface area contributed by atoms with Crippen molar-refractivity contribution in [3.05, 3.63) is 65.7 Å². The lowest BCUT2D eigenvalue weighted by Crippen LogP contribution is -2.39. The molecule has 0 spiro atoms. The molecule has 2 rings (SSSR count). The number of nitrogens with one attached hydrogen (secondary N) is 1. The number of carbonyl (C=O) groups excluding carboxylic acids is 1. The van der Waals surface area contributed by atoms with Crippen molar-refractivity contribution >= 4 is 5.91 Å². The summed E-state index contributed by atoms with van der Waals surface area (Å²) in [5, 5.41) is 13.5. The zero-order chi connectivity index (χ0) is 18.5. The van der Waals surface area contributed by atoms with Crippen molar-refractivity contribution in [2.24, 2.45) is 0 Å². The quantitative estimate of drug-likeness (QED) is 0.811. The minimum Gasteiger partial charge on any atom is -0.497 e. The summed E-state index contributed by atoms with van der Waals surface area (Å²) in [5.74, 6) is 0.637. The first-order valence-electron chi connectivity index (χ1n) is 8.44. The van der Waals surface area contributed by atoms with Gasteiger partial charge in [-0.3, -0.25) is 4.79 Å². The van der Waals surface area contributed by atoms with Gasteiger partial charge in [-0.05, 0) is 30.2 Å². The van der Waals surface area contributed by atoms with Crippen LogP contribution < -0.4 is 10.1 Å². The molecule has 0 saturated carbocycles. The first-order chi connectivity index (χ1) is 11.7. The molecule has 0 fully saturated rings. The lowest BCUT2D eigenvalue weighted by molar-refractivity contribution is -0.126. The first-order valence-corrected chi connectivity index (χ1v) is 8.44. The highest BCUT2D eigenvalue weighted by Gasteiger charge is 2.28. The third kappa shape index (κ3) is 5.07. The molecule has 0 aliphatic heterocycles. The number of amides is 1. The first kappa shape index (κ1) is 19.0. The van der Waals surface area contributed by atoms with E-state index in [0.29, 0.717) is 6.54 Å². The van der Waals surface area contributed by atoms with Crippen LogP contribution in [0.25, 0.3) is 0 Å². The minimum atomic E-state index is -1.18. The molecular weight excluding hydrogens is 314 g/mol. The van der Waals surface area contributed by atoms with Crippen molar-refractivity contribution in [1.82, 2.24) is 5.32 Å². The van der Waals surface area contributed by atoms with Crippen LogP contribution in [0.5, 0.6) is 5.75 Å². The van der Waals surface area contributed by atoms with Gasteiger partial charge in [-0.25, -0.2) is 0 Å².